The molecule has 2 aromatic carbocycles. The molecule has 3 rings (SSSR count). The van der Waals surface area contributed by atoms with Crippen molar-refractivity contribution in [2.75, 3.05) is 26.6 Å². The van der Waals surface area contributed by atoms with E-state index in [2.05, 4.69) is 5.32 Å². The third kappa shape index (κ3) is 2.98. The van der Waals surface area contributed by atoms with Crippen molar-refractivity contribution in [1.82, 2.24) is 4.57 Å². The number of aryl methyl sites for hydroxylation is 1. The zero-order valence-electron chi connectivity index (χ0n) is 14.6. The summed E-state index contributed by atoms with van der Waals surface area (Å²) in [5.41, 5.74) is 2.00. The molecule has 1 N–H and O–H groups in total. The number of benzene rings is 2. The number of anilines is 1. The number of methoxy groups -OCH3 is 3. The number of fused-ring (bicyclic) bond motifs is 1. The second-order valence-electron chi connectivity index (χ2n) is 5.50. The summed E-state index contributed by atoms with van der Waals surface area (Å²) in [7, 11) is 6.63. The van der Waals surface area contributed by atoms with Crippen molar-refractivity contribution in [3.8, 4) is 17.2 Å². The smallest absolute Gasteiger partial charge is 0.272 e. The van der Waals surface area contributed by atoms with Gasteiger partial charge in [0.15, 0.2) is 0 Å². The zero-order chi connectivity index (χ0) is 18.0. The van der Waals surface area contributed by atoms with Gasteiger partial charge in [-0.3, -0.25) is 4.79 Å². The van der Waals surface area contributed by atoms with E-state index in [1.165, 1.54) is 0 Å². The zero-order valence-corrected chi connectivity index (χ0v) is 14.6. The van der Waals surface area contributed by atoms with Gasteiger partial charge in [-0.2, -0.15) is 0 Å². The molecule has 0 atom stereocenters. The van der Waals surface area contributed by atoms with Crippen molar-refractivity contribution in [1.29, 1.82) is 0 Å². The predicted molar refractivity (Wildman–Crippen MR) is 97.0 cm³/mol. The molecule has 0 aliphatic carbocycles. The molecule has 0 bridgehead atoms. The summed E-state index contributed by atoms with van der Waals surface area (Å²) >= 11 is 0. The van der Waals surface area contributed by atoms with Crippen LogP contribution in [0.2, 0.25) is 0 Å². The van der Waals surface area contributed by atoms with Crippen LogP contribution in [0.25, 0.3) is 10.9 Å². The molecule has 1 aromatic heterocycles. The Morgan fingerprint density at radius 3 is 2.16 bits per heavy atom. The van der Waals surface area contributed by atoms with Gasteiger partial charge in [-0.05, 0) is 42.5 Å². The normalized spacial score (nSPS) is 10.6. The molecule has 6 heteroatoms. The molecule has 0 saturated carbocycles. The molecule has 130 valence electrons. The molecule has 6 nitrogen and oxygen atoms in total. The van der Waals surface area contributed by atoms with E-state index >= 15 is 0 Å². The number of nitrogens with zero attached hydrogens (tertiary/aromatic N) is 1. The number of carbonyl (C=O) groups excluding carboxylic acids is 1. The summed E-state index contributed by atoms with van der Waals surface area (Å²) in [6, 6.07) is 12.6. The number of rotatable bonds is 5. The highest BCUT2D eigenvalue weighted by atomic mass is 16.5. The first-order valence-corrected chi connectivity index (χ1v) is 7.75. The van der Waals surface area contributed by atoms with Crippen molar-refractivity contribution < 1.29 is 19.0 Å². The Balaban J connectivity index is 1.99. The highest BCUT2D eigenvalue weighted by molar-refractivity contribution is 6.08. The van der Waals surface area contributed by atoms with E-state index in [0.29, 0.717) is 22.9 Å². The molecule has 0 unspecified atom stereocenters. The molecule has 0 fully saturated rings. The van der Waals surface area contributed by atoms with Gasteiger partial charge in [0.1, 0.15) is 22.9 Å². The Hall–Kier alpha value is -3.15. The van der Waals surface area contributed by atoms with Crippen LogP contribution in [-0.2, 0) is 7.05 Å². The second kappa shape index (κ2) is 6.76. The van der Waals surface area contributed by atoms with Crippen molar-refractivity contribution in [3.05, 3.63) is 48.2 Å². The van der Waals surface area contributed by atoms with Crippen molar-refractivity contribution >= 4 is 22.5 Å². The highest BCUT2D eigenvalue weighted by Crippen LogP contribution is 2.35. The summed E-state index contributed by atoms with van der Waals surface area (Å²) in [5.74, 6) is 1.89. The number of aromatic nitrogens is 1. The number of ether oxygens (including phenoxy) is 3. The van der Waals surface area contributed by atoms with Crippen LogP contribution in [0.4, 0.5) is 5.69 Å². The molecule has 3 aromatic rings. The maximum absolute atomic E-state index is 12.7. The lowest BCUT2D eigenvalue weighted by Gasteiger charge is -2.09. The lowest BCUT2D eigenvalue weighted by Crippen LogP contribution is -2.15. The first kappa shape index (κ1) is 16.7. The molecular weight excluding hydrogens is 320 g/mol. The predicted octanol–water partition coefficient (Wildman–Crippen LogP) is 3.46. The van der Waals surface area contributed by atoms with Crippen LogP contribution in [0.3, 0.4) is 0 Å². The van der Waals surface area contributed by atoms with Crippen molar-refractivity contribution in [3.63, 3.8) is 0 Å². The molecule has 0 saturated heterocycles. The van der Waals surface area contributed by atoms with Crippen molar-refractivity contribution in [2.45, 2.75) is 0 Å². The molecule has 0 aliphatic rings. The maximum Gasteiger partial charge on any atom is 0.272 e. The third-order valence-corrected chi connectivity index (χ3v) is 4.14. The second-order valence-corrected chi connectivity index (χ2v) is 5.50. The van der Waals surface area contributed by atoms with Gasteiger partial charge in [0.05, 0.1) is 26.8 Å². The lowest BCUT2D eigenvalue weighted by molar-refractivity contribution is 0.101. The third-order valence-electron chi connectivity index (χ3n) is 4.14. The van der Waals surface area contributed by atoms with E-state index < -0.39 is 0 Å². The van der Waals surface area contributed by atoms with E-state index in [9.17, 15) is 4.79 Å². The summed E-state index contributed by atoms with van der Waals surface area (Å²) in [6.45, 7) is 0. The van der Waals surface area contributed by atoms with E-state index in [-0.39, 0.29) is 5.91 Å². The van der Waals surface area contributed by atoms with Gasteiger partial charge in [-0.15, -0.1) is 0 Å². The molecular formula is C19H20N2O4. The Morgan fingerprint density at radius 1 is 0.920 bits per heavy atom. The molecule has 1 amide bonds. The van der Waals surface area contributed by atoms with Crippen LogP contribution >= 0.6 is 0 Å². The van der Waals surface area contributed by atoms with Gasteiger partial charge in [0.25, 0.3) is 5.91 Å². The van der Waals surface area contributed by atoms with Gasteiger partial charge in [0, 0.05) is 18.1 Å². The van der Waals surface area contributed by atoms with E-state index in [1.54, 1.807) is 56.2 Å². The van der Waals surface area contributed by atoms with Crippen LogP contribution in [0.15, 0.2) is 42.5 Å². The van der Waals surface area contributed by atoms with Gasteiger partial charge in [-0.25, -0.2) is 0 Å². The summed E-state index contributed by atoms with van der Waals surface area (Å²) in [6.07, 6.45) is 0. The minimum Gasteiger partial charge on any atom is -0.497 e. The van der Waals surface area contributed by atoms with Gasteiger partial charge >= 0.3 is 0 Å². The molecule has 25 heavy (non-hydrogen) atoms. The van der Waals surface area contributed by atoms with E-state index in [0.717, 1.165) is 16.7 Å². The number of hydrogen-bond acceptors (Lipinski definition) is 4. The van der Waals surface area contributed by atoms with Crippen molar-refractivity contribution in [2.24, 2.45) is 7.05 Å². The first-order chi connectivity index (χ1) is 12.1. The molecule has 0 spiro atoms. The minimum atomic E-state index is -0.215. The van der Waals surface area contributed by atoms with E-state index in [1.807, 2.05) is 19.2 Å². The largest absolute Gasteiger partial charge is 0.497 e. The first-order valence-electron chi connectivity index (χ1n) is 7.75. The van der Waals surface area contributed by atoms with Crippen LogP contribution in [0, 0.1) is 0 Å². The SMILES string of the molecule is COc1ccc(NC(=O)c2cc3c(OC)ccc(OC)c3n2C)cc1. The average molecular weight is 340 g/mol. The van der Waals surface area contributed by atoms with Crippen LogP contribution < -0.4 is 19.5 Å². The number of carbonyl (C=O) groups is 1. The quantitative estimate of drug-likeness (QED) is 0.773. The lowest BCUT2D eigenvalue weighted by atomic mass is 10.2. The van der Waals surface area contributed by atoms with Crippen LogP contribution in [0.5, 0.6) is 17.2 Å². The maximum atomic E-state index is 12.7. The average Bonchev–Trinajstić information content (AvgIpc) is 2.99. The summed E-state index contributed by atoms with van der Waals surface area (Å²) in [4.78, 5) is 12.7. The Labute approximate surface area is 145 Å². The van der Waals surface area contributed by atoms with Gasteiger partial charge < -0.3 is 24.1 Å². The Kier molecular flexibility index (Phi) is 4.52. The molecule has 0 aliphatic heterocycles. The molecule has 1 heterocycles. The van der Waals surface area contributed by atoms with Crippen LogP contribution in [-0.4, -0.2) is 31.8 Å². The summed E-state index contributed by atoms with van der Waals surface area (Å²) < 4.78 is 17.8. The minimum absolute atomic E-state index is 0.215. The highest BCUT2D eigenvalue weighted by Gasteiger charge is 2.19. The monoisotopic (exact) mass is 340 g/mol. The fraction of sp³-hybridized carbons (Fsp3) is 0.211. The topological polar surface area (TPSA) is 61.7 Å². The fourth-order valence-electron chi connectivity index (χ4n) is 2.84. The van der Waals surface area contributed by atoms with Gasteiger partial charge in [0.2, 0.25) is 0 Å². The number of amides is 1. The number of nitrogens with one attached hydrogen (secondary N) is 1. The van der Waals surface area contributed by atoms with Crippen LogP contribution in [0.1, 0.15) is 10.5 Å². The van der Waals surface area contributed by atoms with E-state index in [4.69, 9.17) is 14.2 Å². The Bertz CT molecular complexity index is 913. The Morgan fingerprint density at radius 2 is 1.56 bits per heavy atom. The standard InChI is InChI=1S/C19H20N2O4/c1-21-15(19(22)20-12-5-7-13(23-2)8-6-12)11-14-16(24-3)9-10-17(25-4)18(14)21/h5-11H,1-4H3,(H,20,22). The number of hydrogen-bond donors (Lipinski definition) is 1. The molecule has 0 radical (unpaired) electrons. The van der Waals surface area contributed by atoms with Gasteiger partial charge in [-0.1, -0.05) is 0 Å². The summed E-state index contributed by atoms with van der Waals surface area (Å²) in [5, 5.41) is 3.71. The fourth-order valence-corrected chi connectivity index (χ4v) is 2.84.